The Morgan fingerprint density at radius 1 is 1.04 bits per heavy atom. The van der Waals surface area contributed by atoms with Gasteiger partial charge in [-0.25, -0.2) is 14.2 Å². The number of carbonyl (C=O) groups excluding carboxylic acids is 3. The summed E-state index contributed by atoms with van der Waals surface area (Å²) in [5, 5.41) is 13.3. The fraction of sp³-hybridized carbons (Fsp3) is 0.344. The molecule has 46 heavy (non-hydrogen) atoms. The smallest absolute Gasteiger partial charge is 0.411 e. The first-order valence-corrected chi connectivity index (χ1v) is 14.6. The van der Waals surface area contributed by atoms with Gasteiger partial charge < -0.3 is 19.2 Å². The van der Waals surface area contributed by atoms with Crippen LogP contribution in [0, 0.1) is 11.7 Å². The van der Waals surface area contributed by atoms with Crippen LogP contribution in [0.4, 0.5) is 14.9 Å². The van der Waals surface area contributed by atoms with E-state index in [0.717, 1.165) is 17.2 Å². The number of carbonyl (C=O) groups is 3. The molecule has 1 atom stereocenters. The van der Waals surface area contributed by atoms with Gasteiger partial charge in [-0.05, 0) is 36.5 Å². The molecule has 4 aromatic rings. The molecule has 0 radical (unpaired) electrons. The summed E-state index contributed by atoms with van der Waals surface area (Å²) in [7, 11) is 1.15. The van der Waals surface area contributed by atoms with Crippen molar-refractivity contribution in [2.24, 2.45) is 5.92 Å². The van der Waals surface area contributed by atoms with E-state index in [1.807, 2.05) is 0 Å². The van der Waals surface area contributed by atoms with Crippen LogP contribution < -0.4 is 16.2 Å². The summed E-state index contributed by atoms with van der Waals surface area (Å²) < 4.78 is 30.9. The highest BCUT2D eigenvalue weighted by Crippen LogP contribution is 2.40. The van der Waals surface area contributed by atoms with E-state index in [4.69, 9.17) is 9.15 Å². The van der Waals surface area contributed by atoms with E-state index in [1.165, 1.54) is 18.3 Å². The van der Waals surface area contributed by atoms with Gasteiger partial charge in [-0.1, -0.05) is 56.3 Å². The maximum atomic E-state index is 13.7. The fourth-order valence-corrected chi connectivity index (χ4v) is 5.36. The van der Waals surface area contributed by atoms with Crippen molar-refractivity contribution in [2.45, 2.75) is 44.7 Å². The maximum absolute atomic E-state index is 13.7. The second kappa shape index (κ2) is 13.8. The quantitative estimate of drug-likeness (QED) is 0.246. The number of anilines is 1. The number of rotatable bonds is 10. The lowest BCUT2D eigenvalue weighted by Crippen LogP contribution is -2.46. The molecular formula is C32H33FN6O7. The second-order valence-electron chi connectivity index (χ2n) is 11.1. The van der Waals surface area contributed by atoms with E-state index < -0.39 is 47.3 Å². The molecule has 1 saturated heterocycles. The zero-order chi connectivity index (χ0) is 32.8. The monoisotopic (exact) mass is 632 g/mol. The standard InChI is InChI=1S/C32H33FN6O7/c1-19(2)25(26(41)28-37-38-30(46-28)32(13-15-45-16-14-32)21-9-11-22(33)12-10-21)36-24(40)18-39-27(20-7-5-4-6-8-20)34-17-23(29(39)42)35-31(43)44-3/h4-12,17,19,25H,13-16,18H2,1-3H3,(H,35,43)(H,36,40). The highest BCUT2D eigenvalue weighted by Gasteiger charge is 2.42. The molecule has 1 fully saturated rings. The summed E-state index contributed by atoms with van der Waals surface area (Å²) in [6.07, 6.45) is 1.26. The number of ether oxygens (including phenoxy) is 2. The molecule has 1 unspecified atom stereocenters. The van der Waals surface area contributed by atoms with Gasteiger partial charge in [0, 0.05) is 18.8 Å². The highest BCUT2D eigenvalue weighted by molar-refractivity contribution is 5.98. The molecule has 3 heterocycles. The first-order valence-electron chi connectivity index (χ1n) is 14.6. The largest absolute Gasteiger partial charge is 0.453 e. The summed E-state index contributed by atoms with van der Waals surface area (Å²) in [6, 6.07) is 13.6. The lowest BCUT2D eigenvalue weighted by Gasteiger charge is -2.34. The van der Waals surface area contributed by atoms with Gasteiger partial charge in [0.05, 0.1) is 24.8 Å². The lowest BCUT2D eigenvalue weighted by molar-refractivity contribution is -0.122. The molecule has 2 N–H and O–H groups in total. The zero-order valence-corrected chi connectivity index (χ0v) is 25.5. The van der Waals surface area contributed by atoms with Crippen LogP contribution in [0.1, 0.15) is 48.8 Å². The summed E-state index contributed by atoms with van der Waals surface area (Å²) in [5.74, 6) is -2.00. The highest BCUT2D eigenvalue weighted by atomic mass is 19.1. The fourth-order valence-electron chi connectivity index (χ4n) is 5.36. The summed E-state index contributed by atoms with van der Waals surface area (Å²) >= 11 is 0. The van der Waals surface area contributed by atoms with E-state index in [9.17, 15) is 23.6 Å². The number of amides is 2. The van der Waals surface area contributed by atoms with Crippen LogP contribution in [0.2, 0.25) is 0 Å². The molecule has 0 spiro atoms. The molecule has 2 aromatic heterocycles. The SMILES string of the molecule is COC(=O)Nc1cnc(-c2ccccc2)n(CC(=O)NC(C(=O)c2nnc(C3(c4ccc(F)cc4)CCOCC3)o2)C(C)C)c1=O. The zero-order valence-electron chi connectivity index (χ0n) is 25.5. The maximum Gasteiger partial charge on any atom is 0.411 e. The Balaban J connectivity index is 1.41. The average Bonchev–Trinajstić information content (AvgIpc) is 3.57. The minimum absolute atomic E-state index is 0.174. The van der Waals surface area contributed by atoms with Crippen molar-refractivity contribution in [2.75, 3.05) is 25.6 Å². The number of aromatic nitrogens is 4. The van der Waals surface area contributed by atoms with Crippen molar-refractivity contribution in [3.05, 3.63) is 94.3 Å². The first-order chi connectivity index (χ1) is 22.1. The molecule has 1 aliphatic heterocycles. The minimum atomic E-state index is -1.09. The number of nitrogens with zero attached hydrogens (tertiary/aromatic N) is 4. The molecule has 240 valence electrons. The van der Waals surface area contributed by atoms with Crippen LogP contribution in [0.5, 0.6) is 0 Å². The Morgan fingerprint density at radius 3 is 2.39 bits per heavy atom. The topological polar surface area (TPSA) is 168 Å². The number of halogens is 1. The molecule has 1 aliphatic rings. The summed E-state index contributed by atoms with van der Waals surface area (Å²) in [6.45, 7) is 3.77. The van der Waals surface area contributed by atoms with Crippen molar-refractivity contribution in [3.63, 3.8) is 0 Å². The first kappa shape index (κ1) is 32.2. The number of hydrogen-bond acceptors (Lipinski definition) is 10. The molecule has 0 saturated carbocycles. The summed E-state index contributed by atoms with van der Waals surface area (Å²) in [4.78, 5) is 56.6. The summed E-state index contributed by atoms with van der Waals surface area (Å²) in [5.41, 5.74) is -0.372. The van der Waals surface area contributed by atoms with Gasteiger partial charge in [-0.3, -0.25) is 24.3 Å². The number of benzene rings is 2. The van der Waals surface area contributed by atoms with Crippen LogP contribution in [-0.4, -0.2) is 63.9 Å². The van der Waals surface area contributed by atoms with Crippen LogP contribution in [0.15, 0.2) is 70.0 Å². The Labute approximate surface area is 263 Å². The molecule has 5 rings (SSSR count). The third-order valence-electron chi connectivity index (χ3n) is 7.86. The predicted molar refractivity (Wildman–Crippen MR) is 163 cm³/mol. The van der Waals surface area contributed by atoms with Crippen molar-refractivity contribution >= 4 is 23.5 Å². The van der Waals surface area contributed by atoms with E-state index in [-0.39, 0.29) is 29.1 Å². The van der Waals surface area contributed by atoms with Crippen molar-refractivity contribution in [1.82, 2.24) is 25.1 Å². The average molecular weight is 633 g/mol. The number of hydrogen-bond donors (Lipinski definition) is 2. The van der Waals surface area contributed by atoms with Crippen LogP contribution in [-0.2, 0) is 26.2 Å². The molecule has 2 aromatic carbocycles. The Morgan fingerprint density at radius 2 is 1.74 bits per heavy atom. The Hall–Kier alpha value is -5.24. The van der Waals surface area contributed by atoms with Gasteiger partial charge in [0.2, 0.25) is 17.6 Å². The van der Waals surface area contributed by atoms with E-state index in [1.54, 1.807) is 56.3 Å². The minimum Gasteiger partial charge on any atom is -0.453 e. The normalized spacial score (nSPS) is 14.8. The second-order valence-corrected chi connectivity index (χ2v) is 11.1. The third-order valence-corrected chi connectivity index (χ3v) is 7.86. The Kier molecular flexibility index (Phi) is 9.66. The molecule has 0 aliphatic carbocycles. The van der Waals surface area contributed by atoms with Crippen molar-refractivity contribution in [1.29, 1.82) is 0 Å². The van der Waals surface area contributed by atoms with Crippen LogP contribution in [0.3, 0.4) is 0 Å². The molecule has 2 amide bonds. The third kappa shape index (κ3) is 6.71. The molecule has 0 bridgehead atoms. The van der Waals surface area contributed by atoms with E-state index >= 15 is 0 Å². The number of Topliss-reactive ketones (excluding diaryl/α,β-unsaturated/α-hetero) is 1. The molecule has 13 nitrogen and oxygen atoms in total. The number of ketones is 1. The lowest BCUT2D eigenvalue weighted by atomic mass is 9.74. The van der Waals surface area contributed by atoms with E-state index in [0.29, 0.717) is 31.6 Å². The van der Waals surface area contributed by atoms with Gasteiger partial charge in [-0.15, -0.1) is 10.2 Å². The molecule has 14 heteroatoms. The van der Waals surface area contributed by atoms with Crippen molar-refractivity contribution < 1.29 is 32.7 Å². The van der Waals surface area contributed by atoms with Crippen LogP contribution >= 0.6 is 0 Å². The molecular weight excluding hydrogens is 599 g/mol. The number of methoxy groups -OCH3 is 1. The van der Waals surface area contributed by atoms with Crippen molar-refractivity contribution in [3.8, 4) is 11.4 Å². The number of nitrogens with one attached hydrogen (secondary N) is 2. The van der Waals surface area contributed by atoms with Gasteiger partial charge in [0.25, 0.3) is 11.4 Å². The Bertz CT molecular complexity index is 1770. The van der Waals surface area contributed by atoms with E-state index in [2.05, 4.69) is 30.6 Å². The predicted octanol–water partition coefficient (Wildman–Crippen LogP) is 3.73. The van der Waals surface area contributed by atoms with Gasteiger partial charge in [-0.2, -0.15) is 0 Å². The van der Waals surface area contributed by atoms with Crippen LogP contribution in [0.25, 0.3) is 11.4 Å². The van der Waals surface area contributed by atoms with Gasteiger partial charge in [0.15, 0.2) is 0 Å². The van der Waals surface area contributed by atoms with Gasteiger partial charge in [0.1, 0.15) is 23.9 Å². The van der Waals surface area contributed by atoms with Gasteiger partial charge >= 0.3 is 6.09 Å².